The highest BCUT2D eigenvalue weighted by molar-refractivity contribution is 5.94. The Kier molecular flexibility index (Phi) is 3.61. The summed E-state index contributed by atoms with van der Waals surface area (Å²) in [5.74, 6) is 0.431. The summed E-state index contributed by atoms with van der Waals surface area (Å²) >= 11 is 0. The van der Waals surface area contributed by atoms with Crippen LogP contribution in [-0.4, -0.2) is 16.4 Å². The van der Waals surface area contributed by atoms with Gasteiger partial charge in [-0.25, -0.2) is 0 Å². The van der Waals surface area contributed by atoms with Crippen molar-refractivity contribution >= 4 is 5.91 Å². The van der Waals surface area contributed by atoms with Crippen LogP contribution in [0.25, 0.3) is 0 Å². The maximum Gasteiger partial charge on any atom is 0.254 e. The average molecular weight is 243 g/mol. The molecule has 1 aliphatic rings. The molecule has 1 N–H and O–H groups in total. The summed E-state index contributed by atoms with van der Waals surface area (Å²) in [5, 5.41) is 12.2. The van der Waals surface area contributed by atoms with Gasteiger partial charge >= 0.3 is 0 Å². The fourth-order valence-corrected chi connectivity index (χ4v) is 2.31. The zero-order chi connectivity index (χ0) is 13.0. The lowest BCUT2D eigenvalue weighted by atomic mass is 9.78. The third-order valence-corrected chi connectivity index (χ3v) is 3.62. The summed E-state index contributed by atoms with van der Waals surface area (Å²) in [6.07, 6.45) is 6.58. The first-order valence-electron chi connectivity index (χ1n) is 6.29. The molecule has 0 spiro atoms. The van der Waals surface area contributed by atoms with Crippen LogP contribution in [0.3, 0.4) is 0 Å². The van der Waals surface area contributed by atoms with Gasteiger partial charge < -0.3 is 5.32 Å². The monoisotopic (exact) mass is 243 g/mol. The first kappa shape index (κ1) is 12.6. The van der Waals surface area contributed by atoms with Crippen molar-refractivity contribution in [1.82, 2.24) is 10.3 Å². The van der Waals surface area contributed by atoms with E-state index < -0.39 is 5.54 Å². The van der Waals surface area contributed by atoms with Crippen molar-refractivity contribution < 1.29 is 4.79 Å². The van der Waals surface area contributed by atoms with Gasteiger partial charge in [0.2, 0.25) is 0 Å². The highest BCUT2D eigenvalue weighted by Gasteiger charge is 2.35. The van der Waals surface area contributed by atoms with E-state index in [1.54, 1.807) is 18.3 Å². The van der Waals surface area contributed by atoms with E-state index in [1.165, 1.54) is 6.20 Å². The smallest absolute Gasteiger partial charge is 0.254 e. The molecule has 0 aliphatic heterocycles. The lowest BCUT2D eigenvalue weighted by molar-refractivity contribution is 0.0893. The van der Waals surface area contributed by atoms with Gasteiger partial charge in [-0.1, -0.05) is 6.92 Å². The predicted molar refractivity (Wildman–Crippen MR) is 67.7 cm³/mol. The Morgan fingerprint density at radius 1 is 1.56 bits per heavy atom. The van der Waals surface area contributed by atoms with E-state index in [4.69, 9.17) is 0 Å². The van der Waals surface area contributed by atoms with Crippen molar-refractivity contribution in [2.24, 2.45) is 5.92 Å². The standard InChI is InChI=1S/C14H17N3O/c1-11-4-6-14(10-15,7-5-11)17-13(18)12-3-2-8-16-9-12/h2-3,8-9,11H,4-7H2,1H3,(H,17,18). The predicted octanol–water partition coefficient (Wildman–Crippen LogP) is 2.28. The number of carbonyl (C=O) groups excluding carboxylic acids is 1. The van der Waals surface area contributed by atoms with E-state index in [-0.39, 0.29) is 5.91 Å². The normalized spacial score (nSPS) is 27.2. The molecule has 4 nitrogen and oxygen atoms in total. The lowest BCUT2D eigenvalue weighted by Gasteiger charge is -2.34. The summed E-state index contributed by atoms with van der Waals surface area (Å²) < 4.78 is 0. The molecule has 94 valence electrons. The molecular weight excluding hydrogens is 226 g/mol. The Balaban J connectivity index is 2.08. The number of hydrogen-bond donors (Lipinski definition) is 1. The number of aromatic nitrogens is 1. The Labute approximate surface area is 107 Å². The second kappa shape index (κ2) is 5.18. The molecular formula is C14H17N3O. The molecule has 0 saturated heterocycles. The third kappa shape index (κ3) is 2.67. The SMILES string of the molecule is CC1CCC(C#N)(NC(=O)c2cccnc2)CC1. The van der Waals surface area contributed by atoms with E-state index in [0.29, 0.717) is 11.5 Å². The minimum Gasteiger partial charge on any atom is -0.334 e. The van der Waals surface area contributed by atoms with Crippen LogP contribution in [0.1, 0.15) is 43.0 Å². The van der Waals surface area contributed by atoms with Gasteiger partial charge in [-0.3, -0.25) is 9.78 Å². The number of pyridine rings is 1. The van der Waals surface area contributed by atoms with Crippen LogP contribution in [-0.2, 0) is 0 Å². The van der Waals surface area contributed by atoms with Crippen LogP contribution in [0.4, 0.5) is 0 Å². The molecule has 1 aromatic rings. The Morgan fingerprint density at radius 2 is 2.28 bits per heavy atom. The fourth-order valence-electron chi connectivity index (χ4n) is 2.31. The van der Waals surface area contributed by atoms with Gasteiger partial charge in [0.1, 0.15) is 5.54 Å². The number of rotatable bonds is 2. The van der Waals surface area contributed by atoms with Gasteiger partial charge in [0, 0.05) is 12.4 Å². The van der Waals surface area contributed by atoms with Gasteiger partial charge in [0.05, 0.1) is 11.6 Å². The summed E-state index contributed by atoms with van der Waals surface area (Å²) in [6, 6.07) is 5.71. The van der Waals surface area contributed by atoms with Gasteiger partial charge in [0.25, 0.3) is 5.91 Å². The first-order valence-corrected chi connectivity index (χ1v) is 6.29. The van der Waals surface area contributed by atoms with Crippen LogP contribution in [0.5, 0.6) is 0 Å². The molecule has 1 fully saturated rings. The summed E-state index contributed by atoms with van der Waals surface area (Å²) in [7, 11) is 0. The van der Waals surface area contributed by atoms with Gasteiger partial charge in [-0.05, 0) is 43.7 Å². The number of nitrogens with zero attached hydrogens (tertiary/aromatic N) is 2. The molecule has 0 bridgehead atoms. The second-order valence-electron chi connectivity index (χ2n) is 5.07. The molecule has 1 heterocycles. The Morgan fingerprint density at radius 3 is 2.83 bits per heavy atom. The number of hydrogen-bond acceptors (Lipinski definition) is 3. The molecule has 2 rings (SSSR count). The van der Waals surface area contributed by atoms with Crippen molar-refractivity contribution in [2.75, 3.05) is 0 Å². The highest BCUT2D eigenvalue weighted by atomic mass is 16.1. The topological polar surface area (TPSA) is 65.8 Å². The lowest BCUT2D eigenvalue weighted by Crippen LogP contribution is -2.49. The van der Waals surface area contributed by atoms with Crippen molar-refractivity contribution in [3.8, 4) is 6.07 Å². The van der Waals surface area contributed by atoms with E-state index >= 15 is 0 Å². The number of amides is 1. The Hall–Kier alpha value is -1.89. The first-order chi connectivity index (χ1) is 8.65. The number of nitrogens with one attached hydrogen (secondary N) is 1. The number of nitriles is 1. The third-order valence-electron chi connectivity index (χ3n) is 3.62. The van der Waals surface area contributed by atoms with Crippen molar-refractivity contribution in [1.29, 1.82) is 5.26 Å². The molecule has 0 atom stereocenters. The molecule has 0 radical (unpaired) electrons. The van der Waals surface area contributed by atoms with Gasteiger partial charge in [-0.2, -0.15) is 5.26 Å². The van der Waals surface area contributed by atoms with Crippen LogP contribution in [0.15, 0.2) is 24.5 Å². The largest absolute Gasteiger partial charge is 0.334 e. The molecule has 18 heavy (non-hydrogen) atoms. The van der Waals surface area contributed by atoms with Crippen LogP contribution >= 0.6 is 0 Å². The van der Waals surface area contributed by atoms with E-state index in [2.05, 4.69) is 23.3 Å². The fraction of sp³-hybridized carbons (Fsp3) is 0.500. The zero-order valence-corrected chi connectivity index (χ0v) is 10.5. The highest BCUT2D eigenvalue weighted by Crippen LogP contribution is 2.31. The van der Waals surface area contributed by atoms with Crippen molar-refractivity contribution in [3.05, 3.63) is 30.1 Å². The van der Waals surface area contributed by atoms with Gasteiger partial charge in [-0.15, -0.1) is 0 Å². The summed E-state index contributed by atoms with van der Waals surface area (Å²) in [5.41, 5.74) is -0.190. The minimum absolute atomic E-state index is 0.209. The van der Waals surface area contributed by atoms with Crippen LogP contribution in [0.2, 0.25) is 0 Å². The van der Waals surface area contributed by atoms with E-state index in [0.717, 1.165) is 25.7 Å². The summed E-state index contributed by atoms with van der Waals surface area (Å²) in [6.45, 7) is 2.18. The number of carbonyl (C=O) groups is 1. The van der Waals surface area contributed by atoms with Gasteiger partial charge in [0.15, 0.2) is 0 Å². The molecule has 0 unspecified atom stereocenters. The summed E-state index contributed by atoms with van der Waals surface area (Å²) in [4.78, 5) is 16.0. The maximum absolute atomic E-state index is 12.1. The minimum atomic E-state index is -0.695. The van der Waals surface area contributed by atoms with E-state index in [1.807, 2.05) is 0 Å². The van der Waals surface area contributed by atoms with Crippen molar-refractivity contribution in [2.45, 2.75) is 38.1 Å². The van der Waals surface area contributed by atoms with Crippen LogP contribution < -0.4 is 5.32 Å². The molecule has 0 aromatic carbocycles. The molecule has 1 saturated carbocycles. The molecule has 4 heteroatoms. The molecule has 1 aromatic heterocycles. The Bertz CT molecular complexity index is 456. The average Bonchev–Trinajstić information content (AvgIpc) is 2.43. The van der Waals surface area contributed by atoms with Crippen LogP contribution in [0, 0.1) is 17.2 Å². The van der Waals surface area contributed by atoms with Crippen molar-refractivity contribution in [3.63, 3.8) is 0 Å². The molecule has 1 aliphatic carbocycles. The molecule has 1 amide bonds. The zero-order valence-electron chi connectivity index (χ0n) is 10.5. The quantitative estimate of drug-likeness (QED) is 0.866. The second-order valence-corrected chi connectivity index (χ2v) is 5.07. The van der Waals surface area contributed by atoms with E-state index in [9.17, 15) is 10.1 Å². The maximum atomic E-state index is 12.1.